The third-order valence-electron chi connectivity index (χ3n) is 10.9. The van der Waals surface area contributed by atoms with Crippen molar-refractivity contribution in [1.29, 1.82) is 0 Å². The van der Waals surface area contributed by atoms with Crippen LogP contribution < -0.4 is 19.7 Å². The van der Waals surface area contributed by atoms with Gasteiger partial charge in [-0.25, -0.2) is 13.1 Å². The van der Waals surface area contributed by atoms with Gasteiger partial charge in [0.05, 0.1) is 23.6 Å². The van der Waals surface area contributed by atoms with Crippen LogP contribution in [0.3, 0.4) is 0 Å². The van der Waals surface area contributed by atoms with Crippen LogP contribution in [-0.2, 0) is 31.4 Å². The van der Waals surface area contributed by atoms with Crippen molar-refractivity contribution in [2.75, 3.05) is 37.7 Å². The van der Waals surface area contributed by atoms with Gasteiger partial charge in [-0.15, -0.1) is 0 Å². The monoisotopic (exact) mass is 737 g/mol. The molecule has 0 saturated heterocycles. The number of nitrogens with one attached hydrogen (secondary N) is 2. The smallest absolute Gasteiger partial charge is 0.405 e. The lowest BCUT2D eigenvalue weighted by molar-refractivity contribution is -0.143. The number of allylic oxidation sites excluding steroid dienone is 1. The van der Waals surface area contributed by atoms with E-state index in [1.807, 2.05) is 17.4 Å². The number of hydrogen-bond acceptors (Lipinski definition) is 7. The van der Waals surface area contributed by atoms with Crippen molar-refractivity contribution >= 4 is 39.1 Å². The molecule has 1 fully saturated rings. The molecule has 0 radical (unpaired) electrons. The first kappa shape index (κ1) is 36.5. The molecule has 1 spiro atoms. The first-order valence-electron chi connectivity index (χ1n) is 17.1. The Hall–Kier alpha value is -3.29. The average molecular weight is 738 g/mol. The second kappa shape index (κ2) is 14.4. The van der Waals surface area contributed by atoms with E-state index in [4.69, 9.17) is 21.1 Å². The number of carbonyl (C=O) groups is 2. The van der Waals surface area contributed by atoms with Crippen LogP contribution in [0.5, 0.6) is 5.75 Å². The predicted molar refractivity (Wildman–Crippen MR) is 184 cm³/mol. The van der Waals surface area contributed by atoms with Gasteiger partial charge in [0.1, 0.15) is 18.9 Å². The standard InChI is InChI=1S/C36H43ClF3N3O6S/c1-22-5-3-7-31(48-18-33(44)41-19-36(38,39)40)28-11-8-26(28)17-43-20-35(14-4-6-24-15-27(37)10-12-29(24)35)21-49-32-13-9-25(16-30(32)43)34(45)42-50(46,47)23(22)2/h3,7,9-10,12-13,15-16,22-23,26,28,31H,4-6,8,11,14,17-21H2,1-2H3,(H,41,44)(H,42,45)/b7-3-/t22-,23+,26-,28+,31-,35-/m0/s1. The third kappa shape index (κ3) is 7.94. The van der Waals surface area contributed by atoms with E-state index in [0.29, 0.717) is 42.6 Å². The third-order valence-corrected chi connectivity index (χ3v) is 13.1. The fraction of sp³-hybridized carbons (Fsp3) is 0.556. The maximum Gasteiger partial charge on any atom is 0.405 e. The summed E-state index contributed by atoms with van der Waals surface area (Å²) in [4.78, 5) is 28.0. The Morgan fingerprint density at radius 1 is 1.18 bits per heavy atom. The molecule has 272 valence electrons. The summed E-state index contributed by atoms with van der Waals surface area (Å²) in [5.74, 6) is -1.37. The SMILES string of the molecule is C[C@@H]1[C@@H](C)C/C=C\[C@H](OCC(=O)NCC(F)(F)F)[C@@H]2CC[C@H]2CN2C[C@@]3(CCCc4cc(Cl)ccc43)COc3ccc(cc32)C(=O)NS1(=O)=O. The number of benzene rings is 2. The minimum atomic E-state index is -4.54. The molecule has 1 saturated carbocycles. The number of carbonyl (C=O) groups excluding carboxylic acids is 2. The molecule has 4 aliphatic rings. The van der Waals surface area contributed by atoms with E-state index in [0.717, 1.165) is 32.1 Å². The van der Waals surface area contributed by atoms with Crippen LogP contribution in [0, 0.1) is 17.8 Å². The lowest BCUT2D eigenvalue weighted by Gasteiger charge is -2.46. The fourth-order valence-corrected chi connectivity index (χ4v) is 9.22. The molecule has 2 aromatic carbocycles. The fourth-order valence-electron chi connectivity index (χ4n) is 7.74. The molecule has 2 aromatic rings. The Kier molecular flexibility index (Phi) is 10.5. The first-order valence-corrected chi connectivity index (χ1v) is 19.0. The Bertz CT molecular complexity index is 1750. The zero-order valence-electron chi connectivity index (χ0n) is 28.1. The Morgan fingerprint density at radius 3 is 2.72 bits per heavy atom. The van der Waals surface area contributed by atoms with E-state index < -0.39 is 58.4 Å². The normalized spacial score (nSPS) is 30.1. The maximum absolute atomic E-state index is 13.5. The van der Waals surface area contributed by atoms with E-state index in [1.165, 1.54) is 11.1 Å². The van der Waals surface area contributed by atoms with Crippen LogP contribution in [0.15, 0.2) is 48.6 Å². The van der Waals surface area contributed by atoms with Crippen molar-refractivity contribution < 1.29 is 40.7 Å². The van der Waals surface area contributed by atoms with E-state index in [9.17, 15) is 31.2 Å². The number of amides is 2. The minimum absolute atomic E-state index is 0.0569. The molecular formula is C36H43ClF3N3O6S. The molecule has 50 heavy (non-hydrogen) atoms. The molecule has 0 aromatic heterocycles. The molecule has 2 aliphatic carbocycles. The lowest BCUT2D eigenvalue weighted by atomic mass is 9.68. The Labute approximate surface area is 296 Å². The van der Waals surface area contributed by atoms with E-state index >= 15 is 0 Å². The van der Waals surface area contributed by atoms with Gasteiger partial charge in [0, 0.05) is 29.1 Å². The second-order valence-electron chi connectivity index (χ2n) is 14.3. The van der Waals surface area contributed by atoms with E-state index in [-0.39, 0.29) is 22.8 Å². The number of aryl methyl sites for hydroxylation is 1. The molecule has 2 aliphatic heterocycles. The van der Waals surface area contributed by atoms with Crippen molar-refractivity contribution in [2.24, 2.45) is 17.8 Å². The minimum Gasteiger partial charge on any atom is -0.490 e. The van der Waals surface area contributed by atoms with E-state index in [1.54, 1.807) is 44.2 Å². The highest BCUT2D eigenvalue weighted by Gasteiger charge is 2.45. The van der Waals surface area contributed by atoms with Crippen molar-refractivity contribution in [2.45, 2.75) is 75.3 Å². The summed E-state index contributed by atoms with van der Waals surface area (Å²) in [7, 11) is -4.06. The van der Waals surface area contributed by atoms with Crippen molar-refractivity contribution in [3.8, 4) is 5.75 Å². The number of rotatable bonds is 4. The summed E-state index contributed by atoms with van der Waals surface area (Å²) in [6.07, 6.45) is 3.14. The molecular weight excluding hydrogens is 695 g/mol. The van der Waals surface area contributed by atoms with Crippen LogP contribution in [0.1, 0.15) is 67.4 Å². The highest BCUT2D eigenvalue weighted by atomic mass is 35.5. The number of anilines is 1. The summed E-state index contributed by atoms with van der Waals surface area (Å²) in [6, 6.07) is 11.0. The van der Waals surface area contributed by atoms with Gasteiger partial charge < -0.3 is 19.7 Å². The molecule has 6 rings (SSSR count). The molecule has 14 heteroatoms. The maximum atomic E-state index is 13.5. The number of fused-ring (bicyclic) bond motifs is 4. The Balaban J connectivity index is 1.36. The van der Waals surface area contributed by atoms with Crippen LogP contribution in [0.25, 0.3) is 0 Å². The van der Waals surface area contributed by atoms with Crippen molar-refractivity contribution in [3.05, 3.63) is 70.3 Å². The van der Waals surface area contributed by atoms with Crippen molar-refractivity contribution in [1.82, 2.24) is 10.0 Å². The van der Waals surface area contributed by atoms with Gasteiger partial charge in [0.25, 0.3) is 5.91 Å². The van der Waals surface area contributed by atoms with Crippen LogP contribution >= 0.6 is 11.6 Å². The number of nitrogens with zero attached hydrogens (tertiary/aromatic N) is 1. The number of hydrogen-bond donors (Lipinski definition) is 2. The van der Waals surface area contributed by atoms with Gasteiger partial charge in [-0.1, -0.05) is 36.7 Å². The summed E-state index contributed by atoms with van der Waals surface area (Å²) < 4.78 is 79.7. The quantitative estimate of drug-likeness (QED) is 0.373. The largest absolute Gasteiger partial charge is 0.490 e. The lowest BCUT2D eigenvalue weighted by Crippen LogP contribution is -2.50. The van der Waals surface area contributed by atoms with Crippen LogP contribution in [-0.4, -0.2) is 70.6 Å². The molecule has 6 atom stereocenters. The van der Waals surface area contributed by atoms with Crippen molar-refractivity contribution in [3.63, 3.8) is 0 Å². The molecule has 2 heterocycles. The number of sulfonamides is 1. The zero-order chi connectivity index (χ0) is 35.8. The molecule has 9 nitrogen and oxygen atoms in total. The van der Waals surface area contributed by atoms with Gasteiger partial charge >= 0.3 is 6.18 Å². The second-order valence-corrected chi connectivity index (χ2v) is 16.8. The summed E-state index contributed by atoms with van der Waals surface area (Å²) in [5, 5.41) is 1.61. The van der Waals surface area contributed by atoms with Gasteiger partial charge in [-0.3, -0.25) is 9.59 Å². The summed E-state index contributed by atoms with van der Waals surface area (Å²) in [6.45, 7) is 2.83. The molecule has 2 bridgehead atoms. The highest BCUT2D eigenvalue weighted by molar-refractivity contribution is 7.90. The molecule has 2 N–H and O–H groups in total. The zero-order valence-corrected chi connectivity index (χ0v) is 29.7. The predicted octanol–water partition coefficient (Wildman–Crippen LogP) is 5.95. The average Bonchev–Trinajstić information content (AvgIpc) is 3.19. The van der Waals surface area contributed by atoms with E-state index in [2.05, 4.69) is 15.7 Å². The highest BCUT2D eigenvalue weighted by Crippen LogP contribution is 2.47. The number of ether oxygens (including phenoxy) is 2. The molecule has 0 unspecified atom stereocenters. The summed E-state index contributed by atoms with van der Waals surface area (Å²) >= 11 is 6.40. The molecule has 2 amide bonds. The van der Waals surface area contributed by atoms with Gasteiger partial charge in [-0.2, -0.15) is 13.2 Å². The summed E-state index contributed by atoms with van der Waals surface area (Å²) in [5.41, 5.74) is 2.81. The van der Waals surface area contributed by atoms with Crippen LogP contribution in [0.2, 0.25) is 5.02 Å². The number of halogens is 4. The first-order chi connectivity index (χ1) is 23.6. The number of alkyl halides is 3. The van der Waals surface area contributed by atoms with Crippen LogP contribution in [0.4, 0.5) is 18.9 Å². The van der Waals surface area contributed by atoms with Gasteiger partial charge in [0.15, 0.2) is 0 Å². The Morgan fingerprint density at radius 2 is 1.98 bits per heavy atom. The topological polar surface area (TPSA) is 114 Å². The van der Waals surface area contributed by atoms with Gasteiger partial charge in [-0.05, 0) is 105 Å². The van der Waals surface area contributed by atoms with Gasteiger partial charge in [0.2, 0.25) is 15.9 Å².